The molecule has 1 heterocycles. The molecule has 2 unspecified atom stereocenters. The zero-order valence-electron chi connectivity index (χ0n) is 10.9. The Morgan fingerprint density at radius 1 is 1.29 bits per heavy atom. The van der Waals surface area contributed by atoms with Crippen LogP contribution in [0.4, 0.5) is 0 Å². The van der Waals surface area contributed by atoms with Crippen LogP contribution in [0.15, 0.2) is 12.1 Å². The highest BCUT2D eigenvalue weighted by Gasteiger charge is 2.28. The third kappa shape index (κ3) is 3.19. The van der Waals surface area contributed by atoms with Gasteiger partial charge in [-0.2, -0.15) is 0 Å². The Morgan fingerprint density at radius 2 is 2.06 bits per heavy atom. The smallest absolute Gasteiger partial charge is 0.136 e. The lowest BCUT2D eigenvalue weighted by molar-refractivity contribution is -0.125. The quantitative estimate of drug-likeness (QED) is 0.781. The van der Waals surface area contributed by atoms with Gasteiger partial charge in [0.1, 0.15) is 5.78 Å². The maximum Gasteiger partial charge on any atom is 0.136 e. The van der Waals surface area contributed by atoms with Gasteiger partial charge in [-0.1, -0.05) is 20.3 Å². The fourth-order valence-corrected chi connectivity index (χ4v) is 3.77. The molecule has 1 aromatic heterocycles. The molecule has 1 aromatic rings. The average molecular weight is 250 g/mol. The molecule has 17 heavy (non-hydrogen) atoms. The Balaban J connectivity index is 1.98. The highest BCUT2D eigenvalue weighted by molar-refractivity contribution is 7.12. The zero-order valence-corrected chi connectivity index (χ0v) is 11.7. The normalized spacial score (nSPS) is 25.2. The highest BCUT2D eigenvalue weighted by Crippen LogP contribution is 2.32. The van der Waals surface area contributed by atoms with Gasteiger partial charge < -0.3 is 0 Å². The van der Waals surface area contributed by atoms with Crippen LogP contribution in [-0.4, -0.2) is 5.78 Å². The van der Waals surface area contributed by atoms with E-state index in [9.17, 15) is 4.79 Å². The van der Waals surface area contributed by atoms with Gasteiger partial charge in [0.15, 0.2) is 0 Å². The minimum absolute atomic E-state index is 0.303. The number of carbonyl (C=O) groups is 1. The molecule has 1 saturated carbocycles. The van der Waals surface area contributed by atoms with Gasteiger partial charge in [0.25, 0.3) is 0 Å². The molecule has 1 nitrogen and oxygen atoms in total. The van der Waals surface area contributed by atoms with Crippen molar-refractivity contribution < 1.29 is 4.79 Å². The topological polar surface area (TPSA) is 17.1 Å². The first-order valence-electron chi connectivity index (χ1n) is 6.83. The predicted molar refractivity (Wildman–Crippen MR) is 73.5 cm³/mol. The van der Waals surface area contributed by atoms with E-state index in [1.54, 1.807) is 0 Å². The van der Waals surface area contributed by atoms with E-state index >= 15 is 0 Å². The Hall–Kier alpha value is -0.630. The van der Waals surface area contributed by atoms with Gasteiger partial charge in [0, 0.05) is 22.1 Å². The third-order valence-electron chi connectivity index (χ3n) is 3.96. The summed E-state index contributed by atoms with van der Waals surface area (Å²) < 4.78 is 0. The first kappa shape index (κ1) is 12.8. The molecular formula is C15H22OS. The largest absolute Gasteiger partial charge is 0.299 e. The molecule has 0 saturated heterocycles. The van der Waals surface area contributed by atoms with Crippen molar-refractivity contribution in [2.24, 2.45) is 11.8 Å². The van der Waals surface area contributed by atoms with Gasteiger partial charge >= 0.3 is 0 Å². The summed E-state index contributed by atoms with van der Waals surface area (Å²) in [4.78, 5) is 14.8. The summed E-state index contributed by atoms with van der Waals surface area (Å²) in [5, 5.41) is 0. The van der Waals surface area contributed by atoms with E-state index in [-0.39, 0.29) is 0 Å². The van der Waals surface area contributed by atoms with Gasteiger partial charge in [0.2, 0.25) is 0 Å². The lowest BCUT2D eigenvalue weighted by Gasteiger charge is -2.26. The molecule has 1 aliphatic carbocycles. The first-order chi connectivity index (χ1) is 8.22. The van der Waals surface area contributed by atoms with Crippen LogP contribution in [0.2, 0.25) is 0 Å². The van der Waals surface area contributed by atoms with Crippen LogP contribution in [0.1, 0.15) is 49.3 Å². The summed E-state index contributed by atoms with van der Waals surface area (Å²) in [6.45, 7) is 4.44. The first-order valence-corrected chi connectivity index (χ1v) is 7.64. The van der Waals surface area contributed by atoms with Crippen molar-refractivity contribution in [2.75, 3.05) is 0 Å². The molecule has 1 fully saturated rings. The maximum absolute atomic E-state index is 11.9. The van der Waals surface area contributed by atoms with Crippen LogP contribution in [0.3, 0.4) is 0 Å². The molecule has 0 aliphatic heterocycles. The van der Waals surface area contributed by atoms with E-state index in [1.165, 1.54) is 16.2 Å². The fraction of sp³-hybridized carbons (Fsp3) is 0.667. The molecule has 2 rings (SSSR count). The second-order valence-corrected chi connectivity index (χ2v) is 6.39. The molecule has 0 spiro atoms. The molecule has 2 atom stereocenters. The Bertz CT molecular complexity index is 380. The van der Waals surface area contributed by atoms with E-state index in [2.05, 4.69) is 26.0 Å². The summed E-state index contributed by atoms with van der Waals surface area (Å²) in [7, 11) is 0. The molecule has 0 amide bonds. The SMILES string of the molecule is CCc1ccc(CC2CC(CC)CCC2=O)s1. The van der Waals surface area contributed by atoms with Crippen molar-refractivity contribution in [2.45, 2.75) is 52.4 Å². The fourth-order valence-electron chi connectivity index (χ4n) is 2.74. The molecular weight excluding hydrogens is 228 g/mol. The Morgan fingerprint density at radius 3 is 2.71 bits per heavy atom. The van der Waals surface area contributed by atoms with Crippen molar-refractivity contribution in [3.8, 4) is 0 Å². The molecule has 0 aromatic carbocycles. The van der Waals surface area contributed by atoms with Crippen molar-refractivity contribution >= 4 is 17.1 Å². The van der Waals surface area contributed by atoms with Crippen LogP contribution < -0.4 is 0 Å². The third-order valence-corrected chi connectivity index (χ3v) is 5.21. The van der Waals surface area contributed by atoms with E-state index in [1.807, 2.05) is 11.3 Å². The van der Waals surface area contributed by atoms with Crippen molar-refractivity contribution in [1.82, 2.24) is 0 Å². The van der Waals surface area contributed by atoms with Gasteiger partial charge in [-0.25, -0.2) is 0 Å². The van der Waals surface area contributed by atoms with Crippen molar-refractivity contribution in [1.29, 1.82) is 0 Å². The number of ketones is 1. The molecule has 0 radical (unpaired) electrons. The number of rotatable bonds is 4. The van der Waals surface area contributed by atoms with Crippen LogP contribution in [-0.2, 0) is 17.6 Å². The van der Waals surface area contributed by atoms with Crippen LogP contribution >= 0.6 is 11.3 Å². The van der Waals surface area contributed by atoms with Crippen LogP contribution in [0.25, 0.3) is 0 Å². The summed E-state index contributed by atoms with van der Waals surface area (Å²) in [5.41, 5.74) is 0. The van der Waals surface area contributed by atoms with Crippen LogP contribution in [0, 0.1) is 11.8 Å². The number of carbonyl (C=O) groups excluding carboxylic acids is 1. The van der Waals surface area contributed by atoms with Crippen molar-refractivity contribution in [3.63, 3.8) is 0 Å². The number of Topliss-reactive ketones (excluding diaryl/α,β-unsaturated/α-hetero) is 1. The maximum atomic E-state index is 11.9. The summed E-state index contributed by atoms with van der Waals surface area (Å²) in [5.74, 6) is 1.58. The standard InChI is InChI=1S/C15H22OS/c1-3-11-5-8-15(16)12(9-11)10-14-7-6-13(4-2)17-14/h6-7,11-12H,3-5,8-10H2,1-2H3. The van der Waals surface area contributed by atoms with Crippen molar-refractivity contribution in [3.05, 3.63) is 21.9 Å². The van der Waals surface area contributed by atoms with E-state index in [4.69, 9.17) is 0 Å². The monoisotopic (exact) mass is 250 g/mol. The Kier molecular flexibility index (Phi) is 4.38. The molecule has 0 N–H and O–H groups in total. The second-order valence-electron chi connectivity index (χ2n) is 5.14. The average Bonchev–Trinajstić information content (AvgIpc) is 2.80. The summed E-state index contributed by atoms with van der Waals surface area (Å²) in [6.07, 6.45) is 6.38. The number of hydrogen-bond donors (Lipinski definition) is 0. The van der Waals surface area contributed by atoms with E-state index in [0.717, 1.165) is 38.0 Å². The lowest BCUT2D eigenvalue weighted by atomic mass is 9.78. The zero-order chi connectivity index (χ0) is 12.3. The number of thiophene rings is 1. The Labute approximate surface area is 108 Å². The van der Waals surface area contributed by atoms with E-state index in [0.29, 0.717) is 11.7 Å². The molecule has 0 bridgehead atoms. The highest BCUT2D eigenvalue weighted by atomic mass is 32.1. The second kappa shape index (κ2) is 5.81. The predicted octanol–water partition coefficient (Wildman–Crippen LogP) is 4.25. The van der Waals surface area contributed by atoms with Gasteiger partial charge in [-0.15, -0.1) is 11.3 Å². The minimum atomic E-state index is 0.303. The van der Waals surface area contributed by atoms with Gasteiger partial charge in [-0.3, -0.25) is 4.79 Å². The summed E-state index contributed by atoms with van der Waals surface area (Å²) >= 11 is 1.89. The van der Waals surface area contributed by atoms with Gasteiger partial charge in [0.05, 0.1) is 0 Å². The molecule has 2 heteroatoms. The lowest BCUT2D eigenvalue weighted by Crippen LogP contribution is -2.26. The molecule has 1 aliphatic rings. The number of hydrogen-bond acceptors (Lipinski definition) is 2. The summed E-state index contributed by atoms with van der Waals surface area (Å²) in [6, 6.07) is 4.43. The molecule has 94 valence electrons. The number of aryl methyl sites for hydroxylation is 1. The van der Waals surface area contributed by atoms with Gasteiger partial charge in [-0.05, 0) is 43.7 Å². The van der Waals surface area contributed by atoms with Crippen LogP contribution in [0.5, 0.6) is 0 Å². The minimum Gasteiger partial charge on any atom is -0.299 e. The van der Waals surface area contributed by atoms with E-state index < -0.39 is 0 Å².